The van der Waals surface area contributed by atoms with E-state index in [1.165, 1.54) is 12.6 Å². The van der Waals surface area contributed by atoms with E-state index in [1.54, 1.807) is 18.2 Å². The van der Waals surface area contributed by atoms with Gasteiger partial charge < -0.3 is 24.4 Å². The van der Waals surface area contributed by atoms with E-state index in [0.29, 0.717) is 5.76 Å². The maximum Gasteiger partial charge on any atom is 0.251 e. The number of sulfonamides is 1. The summed E-state index contributed by atoms with van der Waals surface area (Å²) in [5, 5.41) is 30.0. The van der Waals surface area contributed by atoms with Gasteiger partial charge >= 0.3 is 0 Å². The van der Waals surface area contributed by atoms with Crippen molar-refractivity contribution in [1.82, 2.24) is 9.62 Å². The van der Waals surface area contributed by atoms with Crippen molar-refractivity contribution in [3.8, 4) is 17.4 Å². The highest BCUT2D eigenvalue weighted by Crippen LogP contribution is 2.31. The molecular formula is C26H30N4O5S. The summed E-state index contributed by atoms with van der Waals surface area (Å²) in [5.41, 5.74) is 2.18. The third-order valence-electron chi connectivity index (χ3n) is 6.38. The van der Waals surface area contributed by atoms with E-state index in [9.17, 15) is 18.8 Å². The van der Waals surface area contributed by atoms with Crippen LogP contribution in [0.15, 0.2) is 57.9 Å². The minimum Gasteiger partial charge on any atom is -0.456 e. The van der Waals surface area contributed by atoms with Gasteiger partial charge in [0.2, 0.25) is 0 Å². The van der Waals surface area contributed by atoms with E-state index in [2.05, 4.69) is 39.8 Å². The van der Waals surface area contributed by atoms with Crippen LogP contribution in [-0.2, 0) is 10.0 Å². The Morgan fingerprint density at radius 1 is 1.11 bits per heavy atom. The lowest BCUT2D eigenvalue weighted by molar-refractivity contribution is 0.0989. The largest absolute Gasteiger partial charge is 0.456 e. The summed E-state index contributed by atoms with van der Waals surface area (Å²) in [6.07, 6.45) is -1.26. The van der Waals surface area contributed by atoms with Gasteiger partial charge in [0.05, 0.1) is 12.7 Å². The molecule has 0 amide bonds. The Morgan fingerprint density at radius 2 is 1.81 bits per heavy atom. The number of likely N-dealkylation sites (N-methyl/N-ethyl adjacent to an activating group) is 1. The molecule has 4 rings (SSSR count). The lowest BCUT2D eigenvalue weighted by Gasteiger charge is -2.34. The molecule has 0 aliphatic carbocycles. The van der Waals surface area contributed by atoms with Gasteiger partial charge in [-0.2, -0.15) is 5.26 Å². The second kappa shape index (κ2) is 10.8. The Labute approximate surface area is 210 Å². The van der Waals surface area contributed by atoms with E-state index in [1.807, 2.05) is 18.2 Å². The first kappa shape index (κ1) is 25.9. The number of piperazine rings is 1. The number of aliphatic hydroxyl groups excluding tert-OH is 2. The number of fused-ring (bicyclic) bond motifs is 1. The first-order chi connectivity index (χ1) is 17.2. The van der Waals surface area contributed by atoms with Crippen molar-refractivity contribution in [2.75, 3.05) is 51.3 Å². The zero-order valence-corrected chi connectivity index (χ0v) is 21.1. The van der Waals surface area contributed by atoms with Crippen LogP contribution in [0.25, 0.3) is 27.7 Å². The van der Waals surface area contributed by atoms with Crippen LogP contribution in [0.3, 0.4) is 0 Å². The van der Waals surface area contributed by atoms with Crippen LogP contribution >= 0.6 is 0 Å². The van der Waals surface area contributed by atoms with Gasteiger partial charge in [-0.3, -0.25) is 0 Å². The molecular weight excluding hydrogens is 480 g/mol. The average molecular weight is 511 g/mol. The molecule has 1 saturated heterocycles. The second-order valence-electron chi connectivity index (χ2n) is 8.95. The van der Waals surface area contributed by atoms with Crippen molar-refractivity contribution < 1.29 is 23.0 Å². The average Bonchev–Trinajstić information content (AvgIpc) is 3.38. The lowest BCUT2D eigenvalue weighted by Crippen LogP contribution is -2.44. The predicted octanol–water partition coefficient (Wildman–Crippen LogP) is 2.38. The molecule has 2 heterocycles. The number of nitriles is 1. The maximum atomic E-state index is 12.5. The minimum absolute atomic E-state index is 0.146. The van der Waals surface area contributed by atoms with Crippen molar-refractivity contribution in [1.29, 1.82) is 5.26 Å². The minimum atomic E-state index is -4.19. The van der Waals surface area contributed by atoms with Gasteiger partial charge in [-0.1, -0.05) is 18.2 Å². The van der Waals surface area contributed by atoms with Crippen molar-refractivity contribution in [3.05, 3.63) is 59.2 Å². The fourth-order valence-electron chi connectivity index (χ4n) is 4.14. The SMILES string of the molecule is C/C(=C(/C#N)S(=O)(=O)NCC(O)CO)c1ccc(-c2ccc3cc(N4CCN(C)CC4)ccc3c2)o1. The monoisotopic (exact) mass is 510 g/mol. The van der Waals surface area contributed by atoms with E-state index < -0.39 is 34.2 Å². The Hall–Kier alpha value is -3.20. The van der Waals surface area contributed by atoms with Gasteiger partial charge in [0, 0.05) is 49.5 Å². The molecule has 2 aromatic carbocycles. The first-order valence-corrected chi connectivity index (χ1v) is 13.2. The van der Waals surface area contributed by atoms with Crippen molar-refractivity contribution >= 4 is 32.1 Å². The number of nitrogens with zero attached hydrogens (tertiary/aromatic N) is 3. The Bertz CT molecular complexity index is 1420. The molecule has 0 bridgehead atoms. The molecule has 10 heteroatoms. The summed E-state index contributed by atoms with van der Waals surface area (Å²) < 4.78 is 33.2. The number of hydrogen-bond donors (Lipinski definition) is 3. The van der Waals surface area contributed by atoms with Crippen LogP contribution in [0, 0.1) is 11.3 Å². The molecule has 1 fully saturated rings. The van der Waals surface area contributed by atoms with E-state index >= 15 is 0 Å². The summed E-state index contributed by atoms with van der Waals surface area (Å²) in [4.78, 5) is 4.20. The molecule has 1 atom stereocenters. The zero-order valence-electron chi connectivity index (χ0n) is 20.3. The molecule has 190 valence electrons. The molecule has 9 nitrogen and oxygen atoms in total. The number of benzene rings is 2. The van der Waals surface area contributed by atoms with Crippen LogP contribution in [0.4, 0.5) is 5.69 Å². The van der Waals surface area contributed by atoms with Crippen LogP contribution in [0.2, 0.25) is 0 Å². The van der Waals surface area contributed by atoms with Gasteiger partial charge in [-0.15, -0.1) is 0 Å². The Kier molecular flexibility index (Phi) is 7.78. The molecule has 1 aliphatic heterocycles. The van der Waals surface area contributed by atoms with Gasteiger partial charge in [0.15, 0.2) is 4.91 Å². The predicted molar refractivity (Wildman–Crippen MR) is 140 cm³/mol. The van der Waals surface area contributed by atoms with Crippen molar-refractivity contribution in [2.45, 2.75) is 13.0 Å². The second-order valence-corrected chi connectivity index (χ2v) is 10.7. The summed E-state index contributed by atoms with van der Waals surface area (Å²) >= 11 is 0. The topological polar surface area (TPSA) is 130 Å². The number of anilines is 1. The van der Waals surface area contributed by atoms with Crippen LogP contribution < -0.4 is 9.62 Å². The van der Waals surface area contributed by atoms with E-state index in [0.717, 1.165) is 42.5 Å². The quantitative estimate of drug-likeness (QED) is 0.394. The van der Waals surface area contributed by atoms with Gasteiger partial charge in [-0.05, 0) is 55.1 Å². The maximum absolute atomic E-state index is 12.5. The summed E-state index contributed by atoms with van der Waals surface area (Å²) in [5.74, 6) is 0.799. The zero-order chi connectivity index (χ0) is 25.9. The fraction of sp³-hybridized carbons (Fsp3) is 0.346. The molecule has 36 heavy (non-hydrogen) atoms. The lowest BCUT2D eigenvalue weighted by atomic mass is 10.0. The molecule has 0 spiro atoms. The normalized spacial score (nSPS) is 16.6. The molecule has 1 aromatic heterocycles. The fourth-order valence-corrected chi connectivity index (χ4v) is 5.32. The number of aliphatic hydroxyl groups is 2. The van der Waals surface area contributed by atoms with Crippen LogP contribution in [-0.4, -0.2) is 76.0 Å². The number of nitrogens with one attached hydrogen (secondary N) is 1. The van der Waals surface area contributed by atoms with Gasteiger partial charge in [0.25, 0.3) is 10.0 Å². The third-order valence-corrected chi connectivity index (χ3v) is 7.86. The molecule has 1 unspecified atom stereocenters. The van der Waals surface area contributed by atoms with Crippen molar-refractivity contribution in [2.24, 2.45) is 0 Å². The Balaban J connectivity index is 1.57. The highest BCUT2D eigenvalue weighted by Gasteiger charge is 2.23. The van der Waals surface area contributed by atoms with Gasteiger partial charge in [-0.25, -0.2) is 13.1 Å². The molecule has 3 N–H and O–H groups in total. The highest BCUT2D eigenvalue weighted by molar-refractivity contribution is 7.93. The number of furan rings is 1. The standard InChI is InChI=1S/C26H30N4O5S/c1-18(26(15-27)36(33,34)28-16-23(32)17-31)24-7-8-25(35-24)21-4-3-20-14-22(6-5-19(20)13-21)30-11-9-29(2)10-12-30/h3-8,13-14,23,28,31-32H,9-12,16-17H2,1-2H3/b26-18+. The highest BCUT2D eigenvalue weighted by atomic mass is 32.2. The van der Waals surface area contributed by atoms with Crippen molar-refractivity contribution in [3.63, 3.8) is 0 Å². The molecule has 0 saturated carbocycles. The van der Waals surface area contributed by atoms with Crippen LogP contribution in [0.5, 0.6) is 0 Å². The van der Waals surface area contributed by atoms with E-state index in [-0.39, 0.29) is 11.3 Å². The molecule has 1 aliphatic rings. The smallest absolute Gasteiger partial charge is 0.251 e. The van der Waals surface area contributed by atoms with Gasteiger partial charge in [0.1, 0.15) is 17.6 Å². The summed E-state index contributed by atoms with van der Waals surface area (Å²) in [6.45, 7) is 4.57. The number of rotatable bonds is 8. The van der Waals surface area contributed by atoms with Crippen LogP contribution in [0.1, 0.15) is 12.7 Å². The summed E-state index contributed by atoms with van der Waals surface area (Å²) in [7, 11) is -2.06. The van der Waals surface area contributed by atoms with E-state index in [4.69, 9.17) is 9.52 Å². The Morgan fingerprint density at radius 3 is 2.50 bits per heavy atom. The summed E-state index contributed by atoms with van der Waals surface area (Å²) in [6, 6.07) is 17.5. The molecule has 3 aromatic rings. The number of allylic oxidation sites excluding steroid dienone is 2. The molecule has 0 radical (unpaired) electrons. The number of hydrogen-bond acceptors (Lipinski definition) is 8. The third kappa shape index (κ3) is 5.61. The first-order valence-electron chi connectivity index (χ1n) is 11.7.